The molecule has 1 aliphatic heterocycles. The second kappa shape index (κ2) is 9.30. The standard InChI is InChI=1S/C33H27N7O/c1-40-18-36-39-33(40)20-4-2-19(3-5-20)12-30(41)21-8-9-25-26(14-21)32(22-6-7-23-15-34-16-24(23)13-22)37-29-11-10-28-27(31(25)29)17-35-38-28/h2-7,10-11,13,16-18,21H,8-9,12,14-15H2,1H3,(H,35,38). The zero-order valence-electron chi connectivity index (χ0n) is 22.6. The minimum atomic E-state index is -0.0570. The van der Waals surface area contributed by atoms with Crippen LogP contribution in [-0.2, 0) is 37.6 Å². The summed E-state index contributed by atoms with van der Waals surface area (Å²) in [4.78, 5) is 23.4. The Morgan fingerprint density at radius 3 is 2.78 bits per heavy atom. The van der Waals surface area contributed by atoms with Gasteiger partial charge in [0.15, 0.2) is 5.82 Å². The van der Waals surface area contributed by atoms with Gasteiger partial charge in [0.1, 0.15) is 12.1 Å². The molecule has 8 heteroatoms. The maximum atomic E-state index is 13.7. The van der Waals surface area contributed by atoms with Crippen molar-refractivity contribution in [1.82, 2.24) is 29.9 Å². The number of benzene rings is 3. The van der Waals surface area contributed by atoms with Gasteiger partial charge in [-0.25, -0.2) is 4.98 Å². The molecule has 8 rings (SSSR count). The van der Waals surface area contributed by atoms with E-state index < -0.39 is 0 Å². The zero-order valence-corrected chi connectivity index (χ0v) is 22.6. The maximum absolute atomic E-state index is 13.7. The van der Waals surface area contributed by atoms with Crippen molar-refractivity contribution in [2.24, 2.45) is 18.0 Å². The van der Waals surface area contributed by atoms with Crippen molar-refractivity contribution in [2.75, 3.05) is 0 Å². The van der Waals surface area contributed by atoms with Gasteiger partial charge in [0, 0.05) is 47.5 Å². The predicted octanol–water partition coefficient (Wildman–Crippen LogP) is 5.42. The Morgan fingerprint density at radius 2 is 1.93 bits per heavy atom. The number of aliphatic imine (C=N–C) groups is 1. The van der Waals surface area contributed by atoms with Crippen molar-refractivity contribution in [3.63, 3.8) is 0 Å². The van der Waals surface area contributed by atoms with Crippen LogP contribution in [0.4, 0.5) is 0 Å². The molecule has 41 heavy (non-hydrogen) atoms. The van der Waals surface area contributed by atoms with Gasteiger partial charge in [0.25, 0.3) is 0 Å². The minimum absolute atomic E-state index is 0.0570. The molecule has 0 saturated heterocycles. The molecule has 1 atom stereocenters. The fourth-order valence-electron chi connectivity index (χ4n) is 6.48. The normalized spacial score (nSPS) is 15.9. The Balaban J connectivity index is 1.16. The Bertz CT molecular complexity index is 2020. The predicted molar refractivity (Wildman–Crippen MR) is 159 cm³/mol. The monoisotopic (exact) mass is 537 g/mol. The summed E-state index contributed by atoms with van der Waals surface area (Å²) in [5, 5.41) is 17.8. The second-order valence-corrected chi connectivity index (χ2v) is 11.1. The van der Waals surface area contributed by atoms with E-state index in [4.69, 9.17) is 4.98 Å². The van der Waals surface area contributed by atoms with Crippen LogP contribution in [0, 0.1) is 5.92 Å². The number of aromatic amines is 1. The highest BCUT2D eigenvalue weighted by Crippen LogP contribution is 2.40. The van der Waals surface area contributed by atoms with E-state index in [1.165, 1.54) is 16.7 Å². The lowest BCUT2D eigenvalue weighted by atomic mass is 9.77. The van der Waals surface area contributed by atoms with Crippen LogP contribution in [0.1, 0.15) is 34.2 Å². The number of nitrogens with zero attached hydrogens (tertiary/aromatic N) is 6. The van der Waals surface area contributed by atoms with Gasteiger partial charge >= 0.3 is 0 Å². The van der Waals surface area contributed by atoms with Crippen molar-refractivity contribution >= 4 is 33.8 Å². The maximum Gasteiger partial charge on any atom is 0.163 e. The number of Topliss-reactive ketones (excluding diaryl/α,β-unsaturated/α-hetero) is 1. The summed E-state index contributed by atoms with van der Waals surface area (Å²) in [6.45, 7) is 0.730. The molecule has 1 N–H and O–H groups in total. The van der Waals surface area contributed by atoms with Crippen LogP contribution in [0.5, 0.6) is 0 Å². The van der Waals surface area contributed by atoms with E-state index in [2.05, 4.69) is 49.7 Å². The molecule has 0 amide bonds. The van der Waals surface area contributed by atoms with E-state index in [1.807, 2.05) is 54.4 Å². The Kier molecular flexibility index (Phi) is 5.41. The average Bonchev–Trinajstić information content (AvgIpc) is 3.77. The van der Waals surface area contributed by atoms with E-state index in [-0.39, 0.29) is 11.7 Å². The molecule has 8 nitrogen and oxygen atoms in total. The van der Waals surface area contributed by atoms with E-state index in [0.717, 1.165) is 75.0 Å². The Labute approximate surface area is 236 Å². The molecule has 0 fully saturated rings. The number of rotatable bonds is 5. The van der Waals surface area contributed by atoms with Crippen molar-refractivity contribution < 1.29 is 4.79 Å². The third kappa shape index (κ3) is 3.97. The van der Waals surface area contributed by atoms with E-state index in [9.17, 15) is 4.79 Å². The van der Waals surface area contributed by atoms with Crippen molar-refractivity contribution in [2.45, 2.75) is 32.2 Å². The van der Waals surface area contributed by atoms with E-state index >= 15 is 0 Å². The summed E-state index contributed by atoms with van der Waals surface area (Å²) in [6, 6.07) is 18.7. The Morgan fingerprint density at radius 1 is 1.05 bits per heavy atom. The van der Waals surface area contributed by atoms with E-state index in [0.29, 0.717) is 12.8 Å². The van der Waals surface area contributed by atoms with Crippen LogP contribution in [0.25, 0.3) is 44.5 Å². The largest absolute Gasteiger partial charge is 0.317 e. The molecule has 0 bridgehead atoms. The number of carbonyl (C=O) groups is 1. The molecule has 1 unspecified atom stereocenters. The highest BCUT2D eigenvalue weighted by Gasteiger charge is 2.30. The lowest BCUT2D eigenvalue weighted by molar-refractivity contribution is -0.122. The first kappa shape index (κ1) is 23.9. The summed E-state index contributed by atoms with van der Waals surface area (Å²) in [7, 11) is 1.92. The number of pyridine rings is 1. The fraction of sp³-hybridized carbons (Fsp3) is 0.212. The molecular formula is C33H27N7O. The van der Waals surface area contributed by atoms with Gasteiger partial charge < -0.3 is 4.57 Å². The molecule has 6 aromatic rings. The van der Waals surface area contributed by atoms with Crippen LogP contribution < -0.4 is 0 Å². The smallest absolute Gasteiger partial charge is 0.163 e. The van der Waals surface area contributed by atoms with Gasteiger partial charge in [0.05, 0.1) is 29.5 Å². The number of hydrogen-bond acceptors (Lipinski definition) is 6. The number of ketones is 1. The highest BCUT2D eigenvalue weighted by atomic mass is 16.1. The van der Waals surface area contributed by atoms with Crippen molar-refractivity contribution in [3.8, 4) is 22.6 Å². The number of aryl methyl sites for hydroxylation is 2. The van der Waals surface area contributed by atoms with Gasteiger partial charge in [-0.15, -0.1) is 10.2 Å². The molecule has 4 heterocycles. The zero-order chi connectivity index (χ0) is 27.5. The third-order valence-corrected chi connectivity index (χ3v) is 8.65. The van der Waals surface area contributed by atoms with Crippen LogP contribution in [0.15, 0.2) is 72.1 Å². The molecule has 0 saturated carbocycles. The van der Waals surface area contributed by atoms with Gasteiger partial charge in [-0.3, -0.25) is 14.9 Å². The summed E-state index contributed by atoms with van der Waals surface area (Å²) >= 11 is 0. The minimum Gasteiger partial charge on any atom is -0.317 e. The number of aromatic nitrogens is 6. The Hall–Kier alpha value is -4.98. The molecule has 2 aliphatic rings. The number of H-pyrrole nitrogens is 1. The van der Waals surface area contributed by atoms with Crippen molar-refractivity contribution in [3.05, 3.63) is 94.9 Å². The van der Waals surface area contributed by atoms with Gasteiger partial charge in [0.2, 0.25) is 0 Å². The molecule has 1 aliphatic carbocycles. The summed E-state index contributed by atoms with van der Waals surface area (Å²) in [6.07, 6.45) is 8.29. The number of fused-ring (bicyclic) bond motifs is 6. The van der Waals surface area contributed by atoms with Crippen LogP contribution in [-0.4, -0.2) is 41.9 Å². The van der Waals surface area contributed by atoms with Gasteiger partial charge in [-0.05, 0) is 65.3 Å². The number of nitrogens with one attached hydrogen (secondary N) is 1. The lowest BCUT2D eigenvalue weighted by Gasteiger charge is -2.27. The average molecular weight is 538 g/mol. The summed E-state index contributed by atoms with van der Waals surface area (Å²) in [5.74, 6) is 1.03. The molecule has 0 radical (unpaired) electrons. The molecular weight excluding hydrogens is 510 g/mol. The first-order valence-corrected chi connectivity index (χ1v) is 14.0. The van der Waals surface area contributed by atoms with E-state index in [1.54, 1.807) is 6.33 Å². The van der Waals surface area contributed by atoms with Gasteiger partial charge in [-0.2, -0.15) is 5.10 Å². The molecule has 3 aromatic carbocycles. The summed E-state index contributed by atoms with van der Waals surface area (Å²) < 4.78 is 1.89. The number of hydrogen-bond donors (Lipinski definition) is 1. The SMILES string of the molecule is Cn1cnnc1-c1ccc(CC(=O)C2CCc3c(c(-c4ccc5c(c4)C=NC5)nc4ccc5[nH]ncc5c34)C2)cc1. The molecule has 3 aromatic heterocycles. The molecule has 200 valence electrons. The third-order valence-electron chi connectivity index (χ3n) is 8.65. The number of carbonyl (C=O) groups excluding carboxylic acids is 1. The van der Waals surface area contributed by atoms with Crippen molar-refractivity contribution in [1.29, 1.82) is 0 Å². The first-order chi connectivity index (χ1) is 20.1. The fourth-order valence-corrected chi connectivity index (χ4v) is 6.48. The summed E-state index contributed by atoms with van der Waals surface area (Å²) in [5.41, 5.74) is 10.9. The van der Waals surface area contributed by atoms with Crippen LogP contribution in [0.2, 0.25) is 0 Å². The topological polar surface area (TPSA) is 102 Å². The van der Waals surface area contributed by atoms with Crippen LogP contribution in [0.3, 0.4) is 0 Å². The second-order valence-electron chi connectivity index (χ2n) is 11.1. The van der Waals surface area contributed by atoms with Gasteiger partial charge in [-0.1, -0.05) is 36.4 Å². The highest BCUT2D eigenvalue weighted by molar-refractivity contribution is 6.08. The van der Waals surface area contributed by atoms with Crippen LogP contribution >= 0.6 is 0 Å². The first-order valence-electron chi connectivity index (χ1n) is 14.0. The quantitative estimate of drug-likeness (QED) is 0.316. The molecule has 0 spiro atoms. The lowest BCUT2D eigenvalue weighted by Crippen LogP contribution is -2.25.